The highest BCUT2D eigenvalue weighted by Gasteiger charge is 2.39. The molecule has 3 rings (SSSR count). The summed E-state index contributed by atoms with van der Waals surface area (Å²) in [5, 5.41) is 0. The lowest BCUT2D eigenvalue weighted by Crippen LogP contribution is -2.39. The molecule has 106 valence electrons. The van der Waals surface area contributed by atoms with E-state index in [0.29, 0.717) is 5.41 Å². The van der Waals surface area contributed by atoms with Crippen LogP contribution in [0.25, 0.3) is 0 Å². The Hall–Kier alpha value is -0.870. The molecule has 0 radical (unpaired) electrons. The van der Waals surface area contributed by atoms with Gasteiger partial charge in [0.15, 0.2) is 0 Å². The van der Waals surface area contributed by atoms with Gasteiger partial charge in [-0.05, 0) is 51.4 Å². The molecule has 1 aromatic rings. The van der Waals surface area contributed by atoms with Crippen LogP contribution in [-0.2, 0) is 13.5 Å². The molecule has 2 fully saturated rings. The van der Waals surface area contributed by atoms with E-state index in [9.17, 15) is 0 Å². The van der Waals surface area contributed by atoms with E-state index in [4.69, 9.17) is 0 Å². The van der Waals surface area contributed by atoms with E-state index in [1.54, 1.807) is 0 Å². The van der Waals surface area contributed by atoms with Crippen LogP contribution in [0.1, 0.15) is 25.1 Å². The Bertz CT molecular complexity index is 418. The molecule has 2 aliphatic rings. The third-order valence-electron chi connectivity index (χ3n) is 5.14. The predicted octanol–water partition coefficient (Wildman–Crippen LogP) is 1.38. The summed E-state index contributed by atoms with van der Waals surface area (Å²) in [4.78, 5) is 9.55. The van der Waals surface area contributed by atoms with Crippen molar-refractivity contribution in [3.63, 3.8) is 0 Å². The van der Waals surface area contributed by atoms with Gasteiger partial charge >= 0.3 is 0 Å². The number of hydrogen-bond donors (Lipinski definition) is 0. The van der Waals surface area contributed by atoms with Gasteiger partial charge in [-0.3, -0.25) is 0 Å². The van der Waals surface area contributed by atoms with Crippen LogP contribution in [0.3, 0.4) is 0 Å². The van der Waals surface area contributed by atoms with Gasteiger partial charge in [0.25, 0.3) is 0 Å². The van der Waals surface area contributed by atoms with E-state index in [1.807, 2.05) is 12.4 Å². The van der Waals surface area contributed by atoms with E-state index in [-0.39, 0.29) is 0 Å². The maximum atomic E-state index is 4.42. The lowest BCUT2D eigenvalue weighted by molar-refractivity contribution is 0.126. The van der Waals surface area contributed by atoms with Crippen molar-refractivity contribution >= 4 is 0 Å². The number of hydrogen-bond acceptors (Lipinski definition) is 3. The van der Waals surface area contributed by atoms with Crippen molar-refractivity contribution in [2.45, 2.75) is 25.7 Å². The highest BCUT2D eigenvalue weighted by molar-refractivity contribution is 4.96. The monoisotopic (exact) mass is 262 g/mol. The Morgan fingerprint density at radius 2 is 1.89 bits per heavy atom. The molecule has 4 nitrogen and oxygen atoms in total. The zero-order valence-corrected chi connectivity index (χ0v) is 12.3. The molecular formula is C15H26N4. The fourth-order valence-electron chi connectivity index (χ4n) is 3.62. The van der Waals surface area contributed by atoms with Crippen LogP contribution in [0.4, 0.5) is 0 Å². The van der Waals surface area contributed by atoms with Crippen LogP contribution in [0.15, 0.2) is 12.4 Å². The minimum Gasteiger partial charge on any atom is -0.338 e. The van der Waals surface area contributed by atoms with E-state index < -0.39 is 0 Å². The quantitative estimate of drug-likeness (QED) is 0.822. The van der Waals surface area contributed by atoms with E-state index >= 15 is 0 Å². The second kappa shape index (κ2) is 5.25. The summed E-state index contributed by atoms with van der Waals surface area (Å²) in [6, 6.07) is 0. The van der Waals surface area contributed by atoms with Crippen molar-refractivity contribution in [2.75, 3.05) is 39.8 Å². The van der Waals surface area contributed by atoms with Gasteiger partial charge in [-0.2, -0.15) is 0 Å². The molecule has 1 spiro atoms. The van der Waals surface area contributed by atoms with Crippen LogP contribution < -0.4 is 0 Å². The van der Waals surface area contributed by atoms with Crippen molar-refractivity contribution in [3.8, 4) is 0 Å². The molecule has 0 amide bonds. The normalized spacial score (nSPS) is 24.3. The summed E-state index contributed by atoms with van der Waals surface area (Å²) in [5.74, 6) is 1.21. The molecule has 0 atom stereocenters. The number of aryl methyl sites for hydroxylation is 1. The van der Waals surface area contributed by atoms with Gasteiger partial charge < -0.3 is 14.4 Å². The molecular weight excluding hydrogens is 236 g/mol. The second-order valence-corrected chi connectivity index (χ2v) is 6.53. The largest absolute Gasteiger partial charge is 0.338 e. The first kappa shape index (κ1) is 13.1. The maximum Gasteiger partial charge on any atom is 0.109 e. The minimum absolute atomic E-state index is 0.633. The fourth-order valence-corrected chi connectivity index (χ4v) is 3.62. The van der Waals surface area contributed by atoms with Crippen LogP contribution in [0.2, 0.25) is 0 Å². The molecule has 1 aromatic heterocycles. The Morgan fingerprint density at radius 1 is 1.16 bits per heavy atom. The smallest absolute Gasteiger partial charge is 0.109 e. The van der Waals surface area contributed by atoms with Crippen molar-refractivity contribution < 1.29 is 0 Å². The SMILES string of the molecule is CN1CCC2(CC1)CCN(CCc1nccn1C)C2. The number of likely N-dealkylation sites (tertiary alicyclic amines) is 2. The molecule has 0 aromatic carbocycles. The molecule has 0 unspecified atom stereocenters. The van der Waals surface area contributed by atoms with Gasteiger partial charge in [0.1, 0.15) is 5.82 Å². The molecule has 2 aliphatic heterocycles. The summed E-state index contributed by atoms with van der Waals surface area (Å²) >= 11 is 0. The second-order valence-electron chi connectivity index (χ2n) is 6.53. The van der Waals surface area contributed by atoms with Crippen molar-refractivity contribution in [2.24, 2.45) is 12.5 Å². The van der Waals surface area contributed by atoms with Gasteiger partial charge in [0.05, 0.1) is 0 Å². The molecule has 0 bridgehead atoms. The average Bonchev–Trinajstić information content (AvgIpc) is 2.99. The van der Waals surface area contributed by atoms with E-state index in [0.717, 1.165) is 6.42 Å². The Kier molecular flexibility index (Phi) is 3.63. The van der Waals surface area contributed by atoms with E-state index in [1.165, 1.54) is 57.8 Å². The van der Waals surface area contributed by atoms with Crippen LogP contribution in [0.5, 0.6) is 0 Å². The number of nitrogens with zero attached hydrogens (tertiary/aromatic N) is 4. The van der Waals surface area contributed by atoms with Crippen LogP contribution in [0, 0.1) is 5.41 Å². The molecule has 19 heavy (non-hydrogen) atoms. The average molecular weight is 262 g/mol. The summed E-state index contributed by atoms with van der Waals surface area (Å²) in [5.41, 5.74) is 0.633. The van der Waals surface area contributed by atoms with Crippen molar-refractivity contribution in [3.05, 3.63) is 18.2 Å². The molecule has 4 heteroatoms. The Morgan fingerprint density at radius 3 is 2.58 bits per heavy atom. The first-order valence-corrected chi connectivity index (χ1v) is 7.54. The first-order chi connectivity index (χ1) is 9.17. The number of imidazole rings is 1. The zero-order valence-electron chi connectivity index (χ0n) is 12.3. The maximum absolute atomic E-state index is 4.42. The standard InChI is InChI=1S/C15H26N4/c1-17-9-4-15(5-10-17)6-11-19(13-15)8-3-14-16-7-12-18(14)2/h7,12H,3-6,8-11,13H2,1-2H3. The Labute approximate surface area is 116 Å². The highest BCUT2D eigenvalue weighted by atomic mass is 15.2. The fraction of sp³-hybridized carbons (Fsp3) is 0.800. The molecule has 3 heterocycles. The molecule has 0 aliphatic carbocycles. The lowest BCUT2D eigenvalue weighted by Gasteiger charge is -2.37. The number of aromatic nitrogens is 2. The minimum atomic E-state index is 0.633. The van der Waals surface area contributed by atoms with Crippen LogP contribution in [-0.4, -0.2) is 59.1 Å². The topological polar surface area (TPSA) is 24.3 Å². The number of piperidine rings is 1. The van der Waals surface area contributed by atoms with E-state index in [2.05, 4.69) is 33.4 Å². The zero-order chi connectivity index (χ0) is 13.3. The van der Waals surface area contributed by atoms with Gasteiger partial charge in [-0.1, -0.05) is 0 Å². The van der Waals surface area contributed by atoms with Crippen molar-refractivity contribution in [1.29, 1.82) is 0 Å². The summed E-state index contributed by atoms with van der Waals surface area (Å²) in [7, 11) is 4.34. The van der Waals surface area contributed by atoms with Crippen LogP contribution >= 0.6 is 0 Å². The lowest BCUT2D eigenvalue weighted by atomic mass is 9.78. The Balaban J connectivity index is 1.51. The van der Waals surface area contributed by atoms with Gasteiger partial charge in [-0.25, -0.2) is 4.98 Å². The van der Waals surface area contributed by atoms with Gasteiger partial charge in [0.2, 0.25) is 0 Å². The van der Waals surface area contributed by atoms with Gasteiger partial charge in [0, 0.05) is 39.0 Å². The third kappa shape index (κ3) is 2.84. The summed E-state index contributed by atoms with van der Waals surface area (Å²) in [6.07, 6.45) is 9.21. The van der Waals surface area contributed by atoms with Crippen molar-refractivity contribution in [1.82, 2.24) is 19.4 Å². The summed E-state index contributed by atoms with van der Waals surface area (Å²) < 4.78 is 2.14. The molecule has 0 N–H and O–H groups in total. The number of rotatable bonds is 3. The first-order valence-electron chi connectivity index (χ1n) is 7.54. The molecule has 2 saturated heterocycles. The highest BCUT2D eigenvalue weighted by Crippen LogP contribution is 2.39. The van der Waals surface area contributed by atoms with Gasteiger partial charge in [-0.15, -0.1) is 0 Å². The summed E-state index contributed by atoms with van der Waals surface area (Å²) in [6.45, 7) is 6.34. The predicted molar refractivity (Wildman–Crippen MR) is 77.1 cm³/mol. The third-order valence-corrected chi connectivity index (χ3v) is 5.14. The molecule has 0 saturated carbocycles.